The number of rotatable bonds is 6. The Labute approximate surface area is 197 Å². The van der Waals surface area contributed by atoms with E-state index in [-0.39, 0.29) is 17.7 Å². The van der Waals surface area contributed by atoms with E-state index in [0.717, 1.165) is 11.3 Å². The molecule has 8 heteroatoms. The largest absolute Gasteiger partial charge is 0.352 e. The number of para-hydroxylation sites is 1. The Hall–Kier alpha value is -4.20. The Balaban J connectivity index is 1.28. The topological polar surface area (TPSA) is 85.1 Å². The molecule has 3 aromatic heterocycles. The summed E-state index contributed by atoms with van der Waals surface area (Å²) in [6, 6.07) is 17.4. The van der Waals surface area contributed by atoms with Crippen LogP contribution in [0.25, 0.3) is 11.5 Å². The van der Waals surface area contributed by atoms with Gasteiger partial charge in [0.15, 0.2) is 5.82 Å². The summed E-state index contributed by atoms with van der Waals surface area (Å²) >= 11 is 0. The lowest BCUT2D eigenvalue weighted by molar-refractivity contribution is -0.126. The molecule has 1 aliphatic heterocycles. The second-order valence-electron chi connectivity index (χ2n) is 8.37. The van der Waals surface area contributed by atoms with E-state index in [4.69, 9.17) is 0 Å². The lowest BCUT2D eigenvalue weighted by Gasteiger charge is -2.31. The number of carbonyl (C=O) groups is 2. The molecule has 0 spiro atoms. The maximum atomic E-state index is 13.5. The molecular weight excluding hydrogens is 428 g/mol. The van der Waals surface area contributed by atoms with E-state index in [2.05, 4.69) is 15.4 Å². The first-order valence-corrected chi connectivity index (χ1v) is 11.4. The molecule has 1 saturated heterocycles. The zero-order valence-electron chi connectivity index (χ0n) is 18.7. The fourth-order valence-electron chi connectivity index (χ4n) is 4.33. The van der Waals surface area contributed by atoms with Crippen molar-refractivity contribution in [1.82, 2.24) is 29.5 Å². The van der Waals surface area contributed by atoms with Crippen molar-refractivity contribution in [2.45, 2.75) is 19.4 Å². The van der Waals surface area contributed by atoms with Crippen molar-refractivity contribution in [1.29, 1.82) is 0 Å². The number of piperidine rings is 1. The van der Waals surface area contributed by atoms with Gasteiger partial charge >= 0.3 is 0 Å². The maximum absolute atomic E-state index is 13.5. The summed E-state index contributed by atoms with van der Waals surface area (Å²) in [5, 5.41) is 7.53. The van der Waals surface area contributed by atoms with E-state index in [1.54, 1.807) is 23.3 Å². The fourth-order valence-corrected chi connectivity index (χ4v) is 4.33. The number of aromatic nitrogens is 4. The molecule has 1 aromatic carbocycles. The molecule has 0 saturated carbocycles. The lowest BCUT2D eigenvalue weighted by Crippen LogP contribution is -2.43. The predicted molar refractivity (Wildman–Crippen MR) is 128 cm³/mol. The van der Waals surface area contributed by atoms with Gasteiger partial charge in [-0.2, -0.15) is 5.10 Å². The first-order chi connectivity index (χ1) is 16.7. The molecular formula is C26H26N6O2. The molecule has 0 bridgehead atoms. The summed E-state index contributed by atoms with van der Waals surface area (Å²) in [6.45, 7) is 1.53. The van der Waals surface area contributed by atoms with Crippen LogP contribution in [0.3, 0.4) is 0 Å². The second kappa shape index (κ2) is 9.74. The minimum atomic E-state index is -0.100. The first-order valence-electron chi connectivity index (χ1n) is 11.4. The summed E-state index contributed by atoms with van der Waals surface area (Å²) in [5.41, 5.74) is 2.39. The molecule has 1 fully saturated rings. The maximum Gasteiger partial charge on any atom is 0.259 e. The van der Waals surface area contributed by atoms with Gasteiger partial charge in [-0.15, -0.1) is 0 Å². The van der Waals surface area contributed by atoms with E-state index >= 15 is 0 Å². The normalized spacial score (nSPS) is 14.2. The van der Waals surface area contributed by atoms with Gasteiger partial charge in [0.1, 0.15) is 5.56 Å². The molecule has 8 nitrogen and oxygen atoms in total. The van der Waals surface area contributed by atoms with Crippen molar-refractivity contribution in [3.05, 3.63) is 96.7 Å². The Kier molecular flexibility index (Phi) is 6.20. The van der Waals surface area contributed by atoms with E-state index in [9.17, 15) is 9.59 Å². The molecule has 0 unspecified atom stereocenters. The van der Waals surface area contributed by atoms with Gasteiger partial charge in [0.05, 0.1) is 11.9 Å². The quantitative estimate of drug-likeness (QED) is 0.485. The monoisotopic (exact) mass is 454 g/mol. The van der Waals surface area contributed by atoms with Gasteiger partial charge < -0.3 is 14.8 Å². The number of carbonyl (C=O) groups excluding carboxylic acids is 2. The van der Waals surface area contributed by atoms with Gasteiger partial charge in [-0.3, -0.25) is 14.6 Å². The number of pyridine rings is 1. The summed E-state index contributed by atoms with van der Waals surface area (Å²) in [4.78, 5) is 32.0. The first kappa shape index (κ1) is 21.6. The third kappa shape index (κ3) is 4.47. The fraction of sp³-hybridized carbons (Fsp3) is 0.231. The summed E-state index contributed by atoms with van der Waals surface area (Å²) in [5.74, 6) is 0.565. The summed E-state index contributed by atoms with van der Waals surface area (Å²) in [7, 11) is 0. The third-order valence-corrected chi connectivity index (χ3v) is 6.17. The highest BCUT2D eigenvalue weighted by Crippen LogP contribution is 2.24. The molecule has 0 atom stereocenters. The predicted octanol–water partition coefficient (Wildman–Crippen LogP) is 3.23. The van der Waals surface area contributed by atoms with Crippen LogP contribution in [0, 0.1) is 5.92 Å². The van der Waals surface area contributed by atoms with Crippen LogP contribution in [0.2, 0.25) is 0 Å². The van der Waals surface area contributed by atoms with Crippen LogP contribution in [-0.2, 0) is 11.3 Å². The molecule has 1 aliphatic rings. The molecule has 2 amide bonds. The van der Waals surface area contributed by atoms with Crippen LogP contribution in [0.1, 0.15) is 28.8 Å². The highest BCUT2D eigenvalue weighted by Gasteiger charge is 2.30. The van der Waals surface area contributed by atoms with Crippen molar-refractivity contribution in [2.75, 3.05) is 13.1 Å². The zero-order chi connectivity index (χ0) is 23.3. The van der Waals surface area contributed by atoms with Gasteiger partial charge in [-0.1, -0.05) is 24.3 Å². The van der Waals surface area contributed by atoms with Crippen LogP contribution in [-0.4, -0.2) is 49.1 Å². The van der Waals surface area contributed by atoms with Crippen molar-refractivity contribution in [2.24, 2.45) is 5.92 Å². The van der Waals surface area contributed by atoms with Crippen molar-refractivity contribution < 1.29 is 9.59 Å². The summed E-state index contributed by atoms with van der Waals surface area (Å²) in [6.07, 6.45) is 10.2. The molecule has 5 rings (SSSR count). The third-order valence-electron chi connectivity index (χ3n) is 6.17. The highest BCUT2D eigenvalue weighted by atomic mass is 16.2. The van der Waals surface area contributed by atoms with E-state index < -0.39 is 0 Å². The average molecular weight is 455 g/mol. The van der Waals surface area contributed by atoms with Gasteiger partial charge in [0.25, 0.3) is 5.91 Å². The van der Waals surface area contributed by atoms with E-state index in [1.807, 2.05) is 76.5 Å². The average Bonchev–Trinajstić information content (AvgIpc) is 3.58. The Morgan fingerprint density at radius 2 is 1.71 bits per heavy atom. The minimum Gasteiger partial charge on any atom is -0.352 e. The second-order valence-corrected chi connectivity index (χ2v) is 8.37. The SMILES string of the molecule is O=C(NCc1cccnc1)C1CCN(C(=O)c2cnn(-c3ccccc3)c2-n2cccc2)CC1. The number of likely N-dealkylation sites (tertiary alicyclic amines) is 1. The Bertz CT molecular complexity index is 1240. The van der Waals surface area contributed by atoms with Crippen LogP contribution in [0.15, 0.2) is 85.6 Å². The van der Waals surface area contributed by atoms with Crippen LogP contribution < -0.4 is 5.32 Å². The lowest BCUT2D eigenvalue weighted by atomic mass is 9.95. The molecule has 1 N–H and O–H groups in total. The zero-order valence-corrected chi connectivity index (χ0v) is 18.7. The van der Waals surface area contributed by atoms with Gasteiger partial charge in [-0.25, -0.2) is 4.68 Å². The minimum absolute atomic E-state index is 0.0286. The molecule has 4 heterocycles. The number of nitrogens with one attached hydrogen (secondary N) is 1. The van der Waals surface area contributed by atoms with Crippen LogP contribution >= 0.6 is 0 Å². The standard InChI is InChI=1S/C26H26N6O2/c33-24(28-18-20-7-6-12-27-17-20)21-10-15-31(16-11-21)26(34)23-19-29-32(22-8-2-1-3-9-22)25(23)30-13-4-5-14-30/h1-9,12-14,17,19,21H,10-11,15-16,18H2,(H,28,33). The number of amides is 2. The summed E-state index contributed by atoms with van der Waals surface area (Å²) < 4.78 is 3.69. The number of hydrogen-bond donors (Lipinski definition) is 1. The van der Waals surface area contributed by atoms with Crippen molar-refractivity contribution in [3.63, 3.8) is 0 Å². The van der Waals surface area contributed by atoms with E-state index in [1.165, 1.54) is 0 Å². The molecule has 4 aromatic rings. The molecule has 172 valence electrons. The van der Waals surface area contributed by atoms with Crippen LogP contribution in [0.4, 0.5) is 0 Å². The number of benzene rings is 1. The number of nitrogens with zero attached hydrogens (tertiary/aromatic N) is 5. The molecule has 34 heavy (non-hydrogen) atoms. The van der Waals surface area contributed by atoms with Crippen molar-refractivity contribution >= 4 is 11.8 Å². The molecule has 0 aliphatic carbocycles. The van der Waals surface area contributed by atoms with Gasteiger partial charge in [0, 0.05) is 50.3 Å². The smallest absolute Gasteiger partial charge is 0.259 e. The Morgan fingerprint density at radius 3 is 2.41 bits per heavy atom. The molecule has 0 radical (unpaired) electrons. The van der Waals surface area contributed by atoms with Gasteiger partial charge in [-0.05, 0) is 48.7 Å². The number of hydrogen-bond acceptors (Lipinski definition) is 4. The van der Waals surface area contributed by atoms with Gasteiger partial charge in [0.2, 0.25) is 5.91 Å². The van der Waals surface area contributed by atoms with Crippen molar-refractivity contribution in [3.8, 4) is 11.5 Å². The van der Waals surface area contributed by atoms with Crippen LogP contribution in [0.5, 0.6) is 0 Å². The van der Waals surface area contributed by atoms with E-state index in [0.29, 0.717) is 43.9 Å². The Morgan fingerprint density at radius 1 is 0.941 bits per heavy atom. The highest BCUT2D eigenvalue weighted by molar-refractivity contribution is 5.97.